The van der Waals surface area contributed by atoms with Crippen LogP contribution in [0.25, 0.3) is 0 Å². The van der Waals surface area contributed by atoms with Gasteiger partial charge in [-0.1, -0.05) is 6.07 Å². The maximum atomic E-state index is 12.5. The lowest BCUT2D eigenvalue weighted by Crippen LogP contribution is -2.53. The molecule has 1 aromatic rings. The van der Waals surface area contributed by atoms with Crippen molar-refractivity contribution in [1.82, 2.24) is 25.0 Å². The number of aromatic nitrogens is 1. The SMILES string of the molecule is Cl.Cl.O=C(CN1CCC2(CCC(=O)N(Cc3ccccn3)C2)CC1)N1CCNCC1. The molecule has 3 aliphatic rings. The Labute approximate surface area is 191 Å². The van der Waals surface area contributed by atoms with Gasteiger partial charge in [0.25, 0.3) is 0 Å². The topological polar surface area (TPSA) is 68.8 Å². The van der Waals surface area contributed by atoms with E-state index in [1.807, 2.05) is 28.0 Å². The summed E-state index contributed by atoms with van der Waals surface area (Å²) in [7, 11) is 0. The van der Waals surface area contributed by atoms with E-state index in [0.29, 0.717) is 19.5 Å². The van der Waals surface area contributed by atoms with Gasteiger partial charge in [-0.3, -0.25) is 19.5 Å². The van der Waals surface area contributed by atoms with Crippen molar-refractivity contribution in [2.75, 3.05) is 52.4 Å². The van der Waals surface area contributed by atoms with Gasteiger partial charge in [0, 0.05) is 45.3 Å². The quantitative estimate of drug-likeness (QED) is 0.742. The zero-order chi connectivity index (χ0) is 19.4. The Kier molecular flexibility index (Phi) is 9.34. The minimum Gasteiger partial charge on any atom is -0.339 e. The van der Waals surface area contributed by atoms with Crippen LogP contribution in [0.2, 0.25) is 0 Å². The molecule has 168 valence electrons. The highest BCUT2D eigenvalue weighted by atomic mass is 35.5. The number of amides is 2. The first-order chi connectivity index (χ1) is 13.6. The smallest absolute Gasteiger partial charge is 0.236 e. The molecule has 3 aliphatic heterocycles. The van der Waals surface area contributed by atoms with Crippen molar-refractivity contribution in [2.24, 2.45) is 5.41 Å². The second-order valence-corrected chi connectivity index (χ2v) is 8.48. The van der Waals surface area contributed by atoms with E-state index in [-0.39, 0.29) is 42.0 Å². The summed E-state index contributed by atoms with van der Waals surface area (Å²) in [5.74, 6) is 0.501. The molecule has 9 heteroatoms. The van der Waals surface area contributed by atoms with E-state index in [4.69, 9.17) is 0 Å². The predicted molar refractivity (Wildman–Crippen MR) is 121 cm³/mol. The maximum absolute atomic E-state index is 12.5. The highest BCUT2D eigenvalue weighted by Crippen LogP contribution is 2.40. The summed E-state index contributed by atoms with van der Waals surface area (Å²) in [4.78, 5) is 35.6. The number of rotatable bonds is 4. The highest BCUT2D eigenvalue weighted by molar-refractivity contribution is 5.85. The molecule has 0 bridgehead atoms. The van der Waals surface area contributed by atoms with Crippen LogP contribution in [0.4, 0.5) is 0 Å². The number of carbonyl (C=O) groups is 2. The number of nitrogens with one attached hydrogen (secondary N) is 1. The summed E-state index contributed by atoms with van der Waals surface area (Å²) in [6, 6.07) is 5.86. The van der Waals surface area contributed by atoms with E-state index >= 15 is 0 Å². The number of piperazine rings is 1. The van der Waals surface area contributed by atoms with Crippen LogP contribution in [0, 0.1) is 5.41 Å². The zero-order valence-corrected chi connectivity index (χ0v) is 19.1. The zero-order valence-electron chi connectivity index (χ0n) is 17.4. The first-order valence-electron chi connectivity index (χ1n) is 10.5. The van der Waals surface area contributed by atoms with Gasteiger partial charge < -0.3 is 15.1 Å². The Morgan fingerprint density at radius 3 is 2.47 bits per heavy atom. The van der Waals surface area contributed by atoms with Gasteiger partial charge in [0.05, 0.1) is 18.8 Å². The lowest BCUT2D eigenvalue weighted by atomic mass is 9.72. The summed E-state index contributed by atoms with van der Waals surface area (Å²) in [5.41, 5.74) is 1.16. The number of hydrogen-bond donors (Lipinski definition) is 1. The number of piperidine rings is 2. The molecule has 7 nitrogen and oxygen atoms in total. The maximum Gasteiger partial charge on any atom is 0.236 e. The minimum atomic E-state index is 0. The molecule has 0 saturated carbocycles. The van der Waals surface area contributed by atoms with E-state index in [2.05, 4.69) is 15.2 Å². The van der Waals surface area contributed by atoms with Crippen LogP contribution in [-0.2, 0) is 16.1 Å². The number of pyridine rings is 1. The van der Waals surface area contributed by atoms with E-state index in [1.54, 1.807) is 6.20 Å². The van der Waals surface area contributed by atoms with Gasteiger partial charge in [-0.05, 0) is 49.9 Å². The molecule has 30 heavy (non-hydrogen) atoms. The van der Waals surface area contributed by atoms with Gasteiger partial charge >= 0.3 is 0 Å². The average Bonchev–Trinajstić information content (AvgIpc) is 2.74. The van der Waals surface area contributed by atoms with Gasteiger partial charge in [0.15, 0.2) is 0 Å². The van der Waals surface area contributed by atoms with E-state index in [1.165, 1.54) is 0 Å². The van der Waals surface area contributed by atoms with Crippen LogP contribution >= 0.6 is 24.8 Å². The molecule has 4 heterocycles. The summed E-state index contributed by atoms with van der Waals surface area (Å²) < 4.78 is 0. The van der Waals surface area contributed by atoms with Crippen molar-refractivity contribution < 1.29 is 9.59 Å². The van der Waals surface area contributed by atoms with Gasteiger partial charge in [-0.15, -0.1) is 24.8 Å². The average molecular weight is 458 g/mol. The standard InChI is InChI=1S/C21H31N5O2.2ClH/c27-19-4-5-21(17-26(19)15-18-3-1-2-8-23-18)6-11-24(12-7-21)16-20(28)25-13-9-22-10-14-25;;/h1-3,8,22H,4-7,9-17H2;2*1H. The number of nitrogens with zero attached hydrogens (tertiary/aromatic N) is 4. The normalized spacial score (nSPS) is 21.7. The molecular formula is C21H33Cl2N5O2. The Morgan fingerprint density at radius 2 is 1.80 bits per heavy atom. The lowest BCUT2D eigenvalue weighted by molar-refractivity contribution is -0.140. The molecule has 2 amide bonds. The Balaban J connectivity index is 0.00000160. The molecule has 1 aromatic heterocycles. The Morgan fingerprint density at radius 1 is 1.07 bits per heavy atom. The molecule has 0 aromatic carbocycles. The van der Waals surface area contributed by atoms with Crippen molar-refractivity contribution in [2.45, 2.75) is 32.2 Å². The number of hydrogen-bond acceptors (Lipinski definition) is 5. The molecule has 0 atom stereocenters. The van der Waals surface area contributed by atoms with Gasteiger partial charge in [0.1, 0.15) is 0 Å². The molecule has 4 rings (SSSR count). The fourth-order valence-electron chi connectivity index (χ4n) is 4.73. The molecule has 3 fully saturated rings. The van der Waals surface area contributed by atoms with Crippen molar-refractivity contribution in [3.8, 4) is 0 Å². The van der Waals surface area contributed by atoms with Crippen LogP contribution < -0.4 is 5.32 Å². The number of likely N-dealkylation sites (tertiary alicyclic amines) is 2. The minimum absolute atomic E-state index is 0. The molecule has 3 saturated heterocycles. The van der Waals surface area contributed by atoms with Crippen LogP contribution in [0.15, 0.2) is 24.4 Å². The van der Waals surface area contributed by atoms with Crippen molar-refractivity contribution >= 4 is 36.6 Å². The number of carbonyl (C=O) groups excluding carboxylic acids is 2. The molecule has 0 unspecified atom stereocenters. The Bertz CT molecular complexity index is 692. The van der Waals surface area contributed by atoms with Crippen molar-refractivity contribution in [3.63, 3.8) is 0 Å². The van der Waals surface area contributed by atoms with Crippen LogP contribution in [-0.4, -0.2) is 83.9 Å². The summed E-state index contributed by atoms with van der Waals surface area (Å²) >= 11 is 0. The van der Waals surface area contributed by atoms with E-state index in [0.717, 1.165) is 70.8 Å². The molecule has 1 N–H and O–H groups in total. The molecule has 0 aliphatic carbocycles. The van der Waals surface area contributed by atoms with Crippen LogP contribution in [0.1, 0.15) is 31.4 Å². The first kappa shape index (κ1) is 24.9. The molecule has 0 radical (unpaired) electrons. The van der Waals surface area contributed by atoms with Crippen LogP contribution in [0.5, 0.6) is 0 Å². The lowest BCUT2D eigenvalue weighted by Gasteiger charge is -2.47. The first-order valence-corrected chi connectivity index (χ1v) is 10.5. The third kappa shape index (κ3) is 6.06. The summed E-state index contributed by atoms with van der Waals surface area (Å²) in [5, 5.41) is 3.29. The third-order valence-electron chi connectivity index (χ3n) is 6.57. The van der Waals surface area contributed by atoms with Crippen molar-refractivity contribution in [3.05, 3.63) is 30.1 Å². The fourth-order valence-corrected chi connectivity index (χ4v) is 4.73. The second-order valence-electron chi connectivity index (χ2n) is 8.48. The second kappa shape index (κ2) is 11.3. The summed E-state index contributed by atoms with van der Waals surface area (Å²) in [6.45, 7) is 7.29. The monoisotopic (exact) mass is 457 g/mol. The van der Waals surface area contributed by atoms with E-state index < -0.39 is 0 Å². The third-order valence-corrected chi connectivity index (χ3v) is 6.57. The van der Waals surface area contributed by atoms with E-state index in [9.17, 15) is 9.59 Å². The Hall–Kier alpha value is -1.41. The number of halogens is 2. The highest BCUT2D eigenvalue weighted by Gasteiger charge is 2.41. The fraction of sp³-hybridized carbons (Fsp3) is 0.667. The molecular weight excluding hydrogens is 425 g/mol. The summed E-state index contributed by atoms with van der Waals surface area (Å²) in [6.07, 6.45) is 5.52. The van der Waals surface area contributed by atoms with Gasteiger partial charge in [-0.25, -0.2) is 0 Å². The molecule has 1 spiro atoms. The van der Waals surface area contributed by atoms with Gasteiger partial charge in [0.2, 0.25) is 11.8 Å². The van der Waals surface area contributed by atoms with Crippen molar-refractivity contribution in [1.29, 1.82) is 0 Å². The largest absolute Gasteiger partial charge is 0.339 e. The predicted octanol–water partition coefficient (Wildman–Crippen LogP) is 1.56. The van der Waals surface area contributed by atoms with Crippen LogP contribution in [0.3, 0.4) is 0 Å². The van der Waals surface area contributed by atoms with Gasteiger partial charge in [-0.2, -0.15) is 0 Å².